The Morgan fingerprint density at radius 2 is 1.80 bits per heavy atom. The minimum Gasteiger partial charge on any atom is -0.486 e. The molecule has 322 valence electrons. The van der Waals surface area contributed by atoms with E-state index in [-0.39, 0.29) is 25.3 Å². The molecule has 2 aromatic rings. The van der Waals surface area contributed by atoms with Gasteiger partial charge >= 0.3 is 12.3 Å². The summed E-state index contributed by atoms with van der Waals surface area (Å²) in [6.45, 7) is 6.43. The molecule has 3 aliphatic heterocycles. The number of nitrogens with zero attached hydrogens (tertiary/aromatic N) is 2. The molecule has 0 spiro atoms. The molecule has 7 rings (SSSR count). The first kappa shape index (κ1) is 42.3. The minimum atomic E-state index is -4.95. The van der Waals surface area contributed by atoms with Crippen LogP contribution in [0.15, 0.2) is 36.5 Å². The first-order chi connectivity index (χ1) is 27.6. The number of pyridine rings is 1. The van der Waals surface area contributed by atoms with Gasteiger partial charge in [0.25, 0.3) is 5.91 Å². The average Bonchev–Trinajstić information content (AvgIpc) is 4.04. The number of aromatic nitrogens is 1. The van der Waals surface area contributed by atoms with Crippen LogP contribution in [0.5, 0.6) is 17.4 Å². The number of allylic oxidation sites excluding steroid dienone is 1. The van der Waals surface area contributed by atoms with E-state index < -0.39 is 92.2 Å². The Bertz CT molecular complexity index is 2160. The van der Waals surface area contributed by atoms with Crippen LogP contribution in [-0.2, 0) is 33.9 Å². The number of alkyl halides is 3. The van der Waals surface area contributed by atoms with Gasteiger partial charge in [-0.05, 0) is 84.9 Å². The van der Waals surface area contributed by atoms with E-state index in [4.69, 9.17) is 23.7 Å². The first-order valence-electron chi connectivity index (χ1n) is 19.6. The summed E-state index contributed by atoms with van der Waals surface area (Å²) in [6, 6.07) is 2.09. The molecule has 5 aliphatic rings. The lowest BCUT2D eigenvalue weighted by Gasteiger charge is -2.34. The summed E-state index contributed by atoms with van der Waals surface area (Å²) in [5.74, 6) is -2.09. The molecule has 7 unspecified atom stereocenters. The van der Waals surface area contributed by atoms with Crippen LogP contribution < -0.4 is 29.6 Å². The van der Waals surface area contributed by atoms with Gasteiger partial charge < -0.3 is 39.2 Å². The van der Waals surface area contributed by atoms with Crippen molar-refractivity contribution in [2.45, 2.75) is 126 Å². The van der Waals surface area contributed by atoms with Crippen LogP contribution in [0.3, 0.4) is 0 Å². The Morgan fingerprint density at radius 3 is 2.51 bits per heavy atom. The van der Waals surface area contributed by atoms with Gasteiger partial charge in [0.15, 0.2) is 11.5 Å². The number of fused-ring (bicyclic) bond motifs is 5. The zero-order valence-electron chi connectivity index (χ0n) is 33.2. The van der Waals surface area contributed by atoms with Crippen molar-refractivity contribution in [2.24, 2.45) is 5.92 Å². The summed E-state index contributed by atoms with van der Waals surface area (Å²) in [6.07, 6.45) is -2.69. The van der Waals surface area contributed by atoms with E-state index in [9.17, 15) is 40.8 Å². The maximum Gasteiger partial charge on any atom is 0.427 e. The summed E-state index contributed by atoms with van der Waals surface area (Å²) in [4.78, 5) is 61.7. The fourth-order valence-corrected chi connectivity index (χ4v) is 8.85. The number of hydrogen-bond acceptors (Lipinski definition) is 12. The molecule has 59 heavy (non-hydrogen) atoms. The second-order valence-electron chi connectivity index (χ2n) is 16.6. The largest absolute Gasteiger partial charge is 0.486 e. The number of rotatable bonds is 7. The quantitative estimate of drug-likeness (QED) is 0.341. The highest BCUT2D eigenvalue weighted by molar-refractivity contribution is 7.91. The van der Waals surface area contributed by atoms with Gasteiger partial charge in [0.05, 0.1) is 23.5 Å². The standard InChI is InChI=1S/C39H48F3N5O11S/c1-21-8-6-7-9-23-19-38(23,34(50)46-59(52,53)37(5)13-14-37)45-31(48)27-18-24(57-32-26-10-11-28-30(55-17-16-54-28)25(26)12-15-43-32)20-47(27)33(49)29(22(2)56-21)44-35(51)58-36(3,4)39(40,41)42/h7,9-12,15,21-24,27,29H,6,8,13-14,16-20H2,1-5H3,(H,44,51)(H,45,48)(H,46,50). The van der Waals surface area contributed by atoms with Gasteiger partial charge in [-0.25, -0.2) is 18.2 Å². The van der Waals surface area contributed by atoms with Crippen LogP contribution in [0.4, 0.5) is 18.0 Å². The van der Waals surface area contributed by atoms with Crippen molar-refractivity contribution in [1.29, 1.82) is 0 Å². The van der Waals surface area contributed by atoms with Crippen molar-refractivity contribution >= 4 is 44.6 Å². The Labute approximate surface area is 338 Å². The average molecular weight is 852 g/mol. The third-order valence-corrected chi connectivity index (χ3v) is 13.9. The lowest BCUT2D eigenvalue weighted by atomic mass is 10.1. The van der Waals surface area contributed by atoms with E-state index in [0.29, 0.717) is 75.0 Å². The smallest absolute Gasteiger partial charge is 0.427 e. The molecule has 1 aromatic carbocycles. The Morgan fingerprint density at radius 1 is 1.07 bits per heavy atom. The van der Waals surface area contributed by atoms with Gasteiger partial charge in [-0.1, -0.05) is 12.2 Å². The van der Waals surface area contributed by atoms with Crippen LogP contribution in [0.1, 0.15) is 73.1 Å². The van der Waals surface area contributed by atoms with Crippen LogP contribution >= 0.6 is 0 Å². The monoisotopic (exact) mass is 851 g/mol. The molecule has 3 fully saturated rings. The highest BCUT2D eigenvalue weighted by Crippen LogP contribution is 2.48. The molecule has 4 heterocycles. The zero-order chi connectivity index (χ0) is 42.7. The number of ether oxygens (including phenoxy) is 5. The maximum absolute atomic E-state index is 14.7. The topological polar surface area (TPSA) is 201 Å². The lowest BCUT2D eigenvalue weighted by Crippen LogP contribution is -2.60. The zero-order valence-corrected chi connectivity index (χ0v) is 34.0. The fourth-order valence-electron chi connectivity index (χ4n) is 7.54. The van der Waals surface area contributed by atoms with Gasteiger partial charge in [0.1, 0.15) is 36.9 Å². The highest BCUT2D eigenvalue weighted by Gasteiger charge is 2.63. The van der Waals surface area contributed by atoms with Crippen LogP contribution in [0.2, 0.25) is 0 Å². The van der Waals surface area contributed by atoms with E-state index in [1.54, 1.807) is 37.3 Å². The predicted molar refractivity (Wildman–Crippen MR) is 203 cm³/mol. The number of alkyl carbamates (subject to hydrolysis) is 1. The molecule has 7 atom stereocenters. The minimum absolute atomic E-state index is 0.0675. The second-order valence-corrected chi connectivity index (χ2v) is 18.8. The summed E-state index contributed by atoms with van der Waals surface area (Å²) < 4.78 is 97.5. The summed E-state index contributed by atoms with van der Waals surface area (Å²) >= 11 is 0. The molecule has 2 aliphatic carbocycles. The molecule has 1 aromatic heterocycles. The van der Waals surface area contributed by atoms with Gasteiger partial charge in [-0.15, -0.1) is 0 Å². The van der Waals surface area contributed by atoms with Gasteiger partial charge in [-0.2, -0.15) is 13.2 Å². The van der Waals surface area contributed by atoms with Gasteiger partial charge in [-0.3, -0.25) is 19.1 Å². The third-order valence-electron chi connectivity index (χ3n) is 11.7. The van der Waals surface area contributed by atoms with Crippen molar-refractivity contribution in [3.05, 3.63) is 36.5 Å². The van der Waals surface area contributed by atoms with E-state index in [0.717, 1.165) is 4.90 Å². The van der Waals surface area contributed by atoms with Crippen molar-refractivity contribution in [2.75, 3.05) is 19.8 Å². The molecule has 16 nitrogen and oxygen atoms in total. The summed E-state index contributed by atoms with van der Waals surface area (Å²) in [5.41, 5.74) is -4.61. The van der Waals surface area contributed by atoms with Crippen molar-refractivity contribution in [1.82, 2.24) is 25.2 Å². The molecule has 2 saturated carbocycles. The summed E-state index contributed by atoms with van der Waals surface area (Å²) in [7, 11) is -4.10. The third kappa shape index (κ3) is 8.34. The van der Waals surface area contributed by atoms with Gasteiger partial charge in [0, 0.05) is 29.3 Å². The molecule has 0 bridgehead atoms. The van der Waals surface area contributed by atoms with E-state index >= 15 is 0 Å². The highest BCUT2D eigenvalue weighted by atomic mass is 32.2. The molecule has 0 radical (unpaired) electrons. The van der Waals surface area contributed by atoms with Crippen LogP contribution in [0.25, 0.3) is 10.8 Å². The number of hydrogen-bond donors (Lipinski definition) is 3. The normalized spacial score (nSPS) is 29.5. The SMILES string of the molecule is CC1CCC=CC2CC2(C(=O)NS(=O)(=O)C2(C)CC2)NC(=O)C2CC(Oc3nccc4c5c(ccc34)OCCO5)CN2C(=O)C(NC(=O)OC(C)(C)C(F)(F)F)C(C)O1. The number of carbonyl (C=O) groups excluding carboxylic acids is 4. The number of carbonyl (C=O) groups is 4. The Hall–Kier alpha value is -4.85. The Kier molecular flexibility index (Phi) is 11.0. The molecular formula is C39H48F3N5O11S. The maximum atomic E-state index is 14.7. The Balaban J connectivity index is 1.23. The summed E-state index contributed by atoms with van der Waals surface area (Å²) in [5, 5.41) is 6.20. The first-order valence-corrected chi connectivity index (χ1v) is 21.0. The second kappa shape index (κ2) is 15.3. The molecule has 1 saturated heterocycles. The van der Waals surface area contributed by atoms with E-state index in [2.05, 4.69) is 20.3 Å². The number of amides is 4. The number of halogens is 3. The molecule has 4 amide bonds. The van der Waals surface area contributed by atoms with Gasteiger partial charge in [0.2, 0.25) is 33.3 Å². The van der Waals surface area contributed by atoms with Crippen LogP contribution in [-0.4, -0.2) is 114 Å². The number of nitrogens with one attached hydrogen (secondary N) is 3. The fraction of sp³-hybridized carbons (Fsp3) is 0.615. The van der Waals surface area contributed by atoms with E-state index in [1.165, 1.54) is 20.0 Å². The predicted octanol–water partition coefficient (Wildman–Crippen LogP) is 3.81. The number of sulfonamides is 1. The molecule has 3 N–H and O–H groups in total. The van der Waals surface area contributed by atoms with Crippen molar-refractivity contribution < 1.29 is 64.5 Å². The molecular weight excluding hydrogens is 804 g/mol. The van der Waals surface area contributed by atoms with Crippen molar-refractivity contribution in [3.63, 3.8) is 0 Å². The van der Waals surface area contributed by atoms with Crippen molar-refractivity contribution in [3.8, 4) is 17.4 Å². The van der Waals surface area contributed by atoms with E-state index in [1.807, 2.05) is 0 Å². The molecule has 20 heteroatoms. The lowest BCUT2D eigenvalue weighted by molar-refractivity contribution is -0.244. The number of benzene rings is 1. The van der Waals surface area contributed by atoms with Crippen LogP contribution in [0, 0.1) is 5.92 Å².